The lowest BCUT2D eigenvalue weighted by molar-refractivity contribution is -0.142. The van der Waals surface area contributed by atoms with Gasteiger partial charge in [-0.1, -0.05) is 6.07 Å². The average Bonchev–Trinajstić information content (AvgIpc) is 2.72. The van der Waals surface area contributed by atoms with Crippen LogP contribution in [0.5, 0.6) is 0 Å². The molecule has 1 aliphatic rings. The Morgan fingerprint density at radius 1 is 1.41 bits per heavy atom. The summed E-state index contributed by atoms with van der Waals surface area (Å²) in [4.78, 5) is 12.5. The van der Waals surface area contributed by atoms with Gasteiger partial charge in [0.15, 0.2) is 0 Å². The monoisotopic (exact) mass is 241 g/mol. The second-order valence-electron chi connectivity index (χ2n) is 4.17. The van der Waals surface area contributed by atoms with E-state index in [0.717, 1.165) is 6.42 Å². The van der Waals surface area contributed by atoms with Crippen molar-refractivity contribution in [2.45, 2.75) is 25.4 Å². The first-order valence-corrected chi connectivity index (χ1v) is 5.49. The highest BCUT2D eigenvalue weighted by atomic mass is 19.1. The Labute approximate surface area is 97.7 Å². The molecule has 0 bridgehead atoms. The van der Waals surface area contributed by atoms with E-state index in [4.69, 9.17) is 5.11 Å². The van der Waals surface area contributed by atoms with Crippen LogP contribution in [0.15, 0.2) is 18.2 Å². The van der Waals surface area contributed by atoms with E-state index < -0.39 is 23.6 Å². The molecule has 0 spiro atoms. The van der Waals surface area contributed by atoms with E-state index in [1.54, 1.807) is 4.90 Å². The van der Waals surface area contributed by atoms with Crippen molar-refractivity contribution in [3.05, 3.63) is 35.4 Å². The van der Waals surface area contributed by atoms with Crippen molar-refractivity contribution in [3.8, 4) is 0 Å². The van der Waals surface area contributed by atoms with Crippen molar-refractivity contribution in [1.29, 1.82) is 0 Å². The van der Waals surface area contributed by atoms with E-state index in [0.29, 0.717) is 13.0 Å². The number of halogens is 2. The first-order chi connectivity index (χ1) is 8.09. The molecule has 1 atom stereocenters. The number of rotatable bonds is 3. The number of hydrogen-bond acceptors (Lipinski definition) is 2. The quantitative estimate of drug-likeness (QED) is 0.880. The summed E-state index contributed by atoms with van der Waals surface area (Å²) in [5.74, 6) is -2.18. The van der Waals surface area contributed by atoms with Crippen LogP contribution < -0.4 is 0 Å². The van der Waals surface area contributed by atoms with Gasteiger partial charge in [0.2, 0.25) is 0 Å². The van der Waals surface area contributed by atoms with Crippen molar-refractivity contribution >= 4 is 5.97 Å². The van der Waals surface area contributed by atoms with Gasteiger partial charge in [-0.05, 0) is 31.5 Å². The van der Waals surface area contributed by atoms with E-state index in [-0.39, 0.29) is 12.1 Å². The number of nitrogens with zero attached hydrogens (tertiary/aromatic N) is 1. The predicted octanol–water partition coefficient (Wildman–Crippen LogP) is 2.01. The number of benzene rings is 1. The Balaban J connectivity index is 2.18. The molecule has 0 aliphatic carbocycles. The van der Waals surface area contributed by atoms with E-state index in [9.17, 15) is 13.6 Å². The number of carboxylic acid groups (broad SMARTS) is 1. The lowest BCUT2D eigenvalue weighted by Gasteiger charge is -2.21. The van der Waals surface area contributed by atoms with Crippen LogP contribution in [0.4, 0.5) is 8.78 Å². The average molecular weight is 241 g/mol. The molecule has 92 valence electrons. The fourth-order valence-corrected chi connectivity index (χ4v) is 2.18. The molecule has 3 nitrogen and oxygen atoms in total. The van der Waals surface area contributed by atoms with Crippen LogP contribution in [0.25, 0.3) is 0 Å². The summed E-state index contributed by atoms with van der Waals surface area (Å²) in [6.07, 6.45) is 1.28. The summed E-state index contributed by atoms with van der Waals surface area (Å²) in [6, 6.07) is 3.04. The van der Waals surface area contributed by atoms with Crippen molar-refractivity contribution in [3.63, 3.8) is 0 Å². The zero-order chi connectivity index (χ0) is 12.4. The highest BCUT2D eigenvalue weighted by molar-refractivity contribution is 5.73. The smallest absolute Gasteiger partial charge is 0.320 e. The fraction of sp³-hybridized carbons (Fsp3) is 0.417. The van der Waals surface area contributed by atoms with Gasteiger partial charge in [-0.3, -0.25) is 9.69 Å². The van der Waals surface area contributed by atoms with Gasteiger partial charge >= 0.3 is 5.97 Å². The summed E-state index contributed by atoms with van der Waals surface area (Å²) in [5.41, 5.74) is -0.0550. The molecular formula is C12H13F2NO2. The molecule has 2 rings (SSSR count). The van der Waals surface area contributed by atoms with Crippen molar-refractivity contribution in [1.82, 2.24) is 4.90 Å². The molecule has 1 N–H and O–H groups in total. The normalized spacial score (nSPS) is 20.7. The van der Waals surface area contributed by atoms with Crippen molar-refractivity contribution < 1.29 is 18.7 Å². The minimum atomic E-state index is -0.931. The molecule has 5 heteroatoms. The molecule has 0 aromatic heterocycles. The third-order valence-electron chi connectivity index (χ3n) is 3.07. The SMILES string of the molecule is O=C(O)[C@@H]1CCCN1Cc1c(F)cccc1F. The second kappa shape index (κ2) is 4.79. The van der Waals surface area contributed by atoms with E-state index in [2.05, 4.69) is 0 Å². The van der Waals surface area contributed by atoms with E-state index in [1.807, 2.05) is 0 Å². The van der Waals surface area contributed by atoms with Gasteiger partial charge in [0.05, 0.1) is 0 Å². The number of aliphatic carboxylic acids is 1. The van der Waals surface area contributed by atoms with Crippen LogP contribution in [-0.2, 0) is 11.3 Å². The molecule has 1 heterocycles. The van der Waals surface area contributed by atoms with Gasteiger partial charge < -0.3 is 5.11 Å². The zero-order valence-corrected chi connectivity index (χ0v) is 9.20. The van der Waals surface area contributed by atoms with Crippen molar-refractivity contribution in [2.24, 2.45) is 0 Å². The lowest BCUT2D eigenvalue weighted by Crippen LogP contribution is -2.35. The fourth-order valence-electron chi connectivity index (χ4n) is 2.18. The molecule has 0 unspecified atom stereocenters. The summed E-state index contributed by atoms with van der Waals surface area (Å²) in [5, 5.41) is 8.97. The Bertz CT molecular complexity index is 416. The maximum absolute atomic E-state index is 13.4. The third kappa shape index (κ3) is 2.44. The van der Waals surface area contributed by atoms with Crippen LogP contribution in [0, 0.1) is 11.6 Å². The Kier molecular flexibility index (Phi) is 3.38. The van der Waals surface area contributed by atoms with Gasteiger partial charge in [0.25, 0.3) is 0 Å². The Morgan fingerprint density at radius 2 is 2.06 bits per heavy atom. The minimum Gasteiger partial charge on any atom is -0.480 e. The van der Waals surface area contributed by atoms with Gasteiger partial charge in [0.1, 0.15) is 17.7 Å². The Morgan fingerprint density at radius 3 is 2.65 bits per heavy atom. The van der Waals surface area contributed by atoms with Crippen LogP contribution >= 0.6 is 0 Å². The van der Waals surface area contributed by atoms with E-state index in [1.165, 1.54) is 18.2 Å². The highest BCUT2D eigenvalue weighted by Crippen LogP contribution is 2.22. The largest absolute Gasteiger partial charge is 0.480 e. The van der Waals surface area contributed by atoms with Gasteiger partial charge in [-0.25, -0.2) is 8.78 Å². The summed E-state index contributed by atoms with van der Waals surface area (Å²) >= 11 is 0. The number of carboxylic acids is 1. The first kappa shape index (κ1) is 12.0. The van der Waals surface area contributed by atoms with Crippen LogP contribution in [-0.4, -0.2) is 28.6 Å². The molecule has 1 saturated heterocycles. The maximum atomic E-state index is 13.4. The lowest BCUT2D eigenvalue weighted by atomic mass is 10.1. The first-order valence-electron chi connectivity index (χ1n) is 5.49. The topological polar surface area (TPSA) is 40.5 Å². The molecule has 1 fully saturated rings. The number of hydrogen-bond donors (Lipinski definition) is 1. The molecule has 1 aromatic rings. The van der Waals surface area contributed by atoms with Gasteiger partial charge in [0, 0.05) is 12.1 Å². The summed E-state index contributed by atoms with van der Waals surface area (Å²) in [6.45, 7) is 0.570. The van der Waals surface area contributed by atoms with Crippen LogP contribution in [0.3, 0.4) is 0 Å². The highest BCUT2D eigenvalue weighted by Gasteiger charge is 2.31. The number of carbonyl (C=O) groups is 1. The standard InChI is InChI=1S/C12H13F2NO2/c13-9-3-1-4-10(14)8(9)7-15-6-2-5-11(15)12(16)17/h1,3-4,11H,2,5-7H2,(H,16,17)/t11-/m0/s1. The second-order valence-corrected chi connectivity index (χ2v) is 4.17. The molecule has 0 amide bonds. The van der Waals surface area contributed by atoms with Crippen LogP contribution in [0.2, 0.25) is 0 Å². The van der Waals surface area contributed by atoms with Gasteiger partial charge in [-0.2, -0.15) is 0 Å². The summed E-state index contributed by atoms with van der Waals surface area (Å²) < 4.78 is 26.8. The van der Waals surface area contributed by atoms with Gasteiger partial charge in [-0.15, -0.1) is 0 Å². The third-order valence-corrected chi connectivity index (χ3v) is 3.07. The molecule has 1 aliphatic heterocycles. The molecule has 17 heavy (non-hydrogen) atoms. The van der Waals surface area contributed by atoms with E-state index >= 15 is 0 Å². The molecule has 0 radical (unpaired) electrons. The van der Waals surface area contributed by atoms with Crippen molar-refractivity contribution in [2.75, 3.05) is 6.54 Å². The number of likely N-dealkylation sites (tertiary alicyclic amines) is 1. The molecule has 0 saturated carbocycles. The minimum absolute atomic E-state index is 0.00940. The Hall–Kier alpha value is -1.49. The maximum Gasteiger partial charge on any atom is 0.320 e. The van der Waals surface area contributed by atoms with Crippen LogP contribution in [0.1, 0.15) is 18.4 Å². The summed E-state index contributed by atoms with van der Waals surface area (Å²) in [7, 11) is 0. The predicted molar refractivity (Wildman–Crippen MR) is 57.4 cm³/mol. The molecular weight excluding hydrogens is 228 g/mol. The molecule has 1 aromatic carbocycles. The zero-order valence-electron chi connectivity index (χ0n) is 9.20.